The van der Waals surface area contributed by atoms with Crippen molar-refractivity contribution in [3.8, 4) is 0 Å². The van der Waals surface area contributed by atoms with Crippen molar-refractivity contribution in [2.24, 2.45) is 0 Å². The predicted octanol–water partition coefficient (Wildman–Crippen LogP) is 2.22. The number of nitrogens with one attached hydrogen (secondary N) is 1. The summed E-state index contributed by atoms with van der Waals surface area (Å²) in [5, 5.41) is 0. The molecule has 1 aromatic carbocycles. The molecule has 1 aromatic heterocycles. The SMILES string of the molecule is Cc1cc(N)c(S(=O)(=O)Nc2ccncc2F)cc1C. The lowest BCUT2D eigenvalue weighted by molar-refractivity contribution is 0.598. The number of hydrogen-bond acceptors (Lipinski definition) is 4. The number of rotatable bonds is 3. The van der Waals surface area contributed by atoms with E-state index in [0.29, 0.717) is 0 Å². The molecule has 0 saturated carbocycles. The maximum absolute atomic E-state index is 13.5. The van der Waals surface area contributed by atoms with Crippen LogP contribution in [0, 0.1) is 19.7 Å². The first kappa shape index (κ1) is 14.3. The van der Waals surface area contributed by atoms with E-state index in [9.17, 15) is 12.8 Å². The first-order valence-electron chi connectivity index (χ1n) is 5.80. The average Bonchev–Trinajstić information content (AvgIpc) is 2.36. The van der Waals surface area contributed by atoms with E-state index in [1.165, 1.54) is 18.3 Å². The molecule has 0 aliphatic rings. The quantitative estimate of drug-likeness (QED) is 0.850. The molecule has 7 heteroatoms. The van der Waals surface area contributed by atoms with Gasteiger partial charge in [-0.25, -0.2) is 12.8 Å². The number of anilines is 2. The van der Waals surface area contributed by atoms with Crippen molar-refractivity contribution in [1.29, 1.82) is 0 Å². The molecular formula is C13H14FN3O2S. The molecule has 0 saturated heterocycles. The Bertz CT molecular complexity index is 760. The molecule has 2 aromatic rings. The highest BCUT2D eigenvalue weighted by atomic mass is 32.2. The van der Waals surface area contributed by atoms with Crippen molar-refractivity contribution in [2.75, 3.05) is 10.5 Å². The van der Waals surface area contributed by atoms with Gasteiger partial charge in [0, 0.05) is 6.20 Å². The van der Waals surface area contributed by atoms with Crippen LogP contribution in [-0.2, 0) is 10.0 Å². The molecule has 0 atom stereocenters. The van der Waals surface area contributed by atoms with Crippen molar-refractivity contribution in [3.05, 3.63) is 47.5 Å². The van der Waals surface area contributed by atoms with E-state index in [1.807, 2.05) is 6.92 Å². The minimum absolute atomic E-state index is 0.0724. The van der Waals surface area contributed by atoms with Crippen molar-refractivity contribution < 1.29 is 12.8 Å². The van der Waals surface area contributed by atoms with Gasteiger partial charge in [-0.2, -0.15) is 0 Å². The summed E-state index contributed by atoms with van der Waals surface area (Å²) in [7, 11) is -3.95. The summed E-state index contributed by atoms with van der Waals surface area (Å²) in [6.45, 7) is 3.61. The van der Waals surface area contributed by atoms with Gasteiger partial charge in [0.25, 0.3) is 10.0 Å². The minimum Gasteiger partial charge on any atom is -0.398 e. The zero-order valence-electron chi connectivity index (χ0n) is 11.0. The third-order valence-electron chi connectivity index (χ3n) is 2.93. The number of pyridine rings is 1. The average molecular weight is 295 g/mol. The Hall–Kier alpha value is -2.15. The molecule has 0 bridgehead atoms. The van der Waals surface area contributed by atoms with E-state index < -0.39 is 15.8 Å². The molecule has 0 amide bonds. The second-order valence-corrected chi connectivity index (χ2v) is 6.09. The summed E-state index contributed by atoms with van der Waals surface area (Å²) < 4.78 is 40.1. The van der Waals surface area contributed by atoms with Crippen LogP contribution >= 0.6 is 0 Å². The summed E-state index contributed by atoms with van der Waals surface area (Å²) in [6.07, 6.45) is 2.23. The van der Waals surface area contributed by atoms with E-state index >= 15 is 0 Å². The normalized spacial score (nSPS) is 11.3. The molecule has 5 nitrogen and oxygen atoms in total. The van der Waals surface area contributed by atoms with E-state index in [0.717, 1.165) is 17.3 Å². The van der Waals surface area contributed by atoms with Crippen molar-refractivity contribution >= 4 is 21.4 Å². The van der Waals surface area contributed by atoms with Gasteiger partial charge in [-0.1, -0.05) is 0 Å². The number of aromatic nitrogens is 1. The van der Waals surface area contributed by atoms with Gasteiger partial charge >= 0.3 is 0 Å². The van der Waals surface area contributed by atoms with Crippen LogP contribution in [0.25, 0.3) is 0 Å². The van der Waals surface area contributed by atoms with Gasteiger partial charge in [0.1, 0.15) is 4.90 Å². The number of benzene rings is 1. The monoisotopic (exact) mass is 295 g/mol. The Kier molecular flexibility index (Phi) is 3.63. The van der Waals surface area contributed by atoms with E-state index in [1.54, 1.807) is 13.0 Å². The molecule has 0 spiro atoms. The van der Waals surface area contributed by atoms with Crippen LogP contribution in [0.15, 0.2) is 35.5 Å². The molecular weight excluding hydrogens is 281 g/mol. The second-order valence-electron chi connectivity index (χ2n) is 4.44. The van der Waals surface area contributed by atoms with E-state index in [4.69, 9.17) is 5.73 Å². The summed E-state index contributed by atoms with van der Waals surface area (Å²) in [5.74, 6) is -0.751. The number of aryl methyl sites for hydroxylation is 2. The highest BCUT2D eigenvalue weighted by molar-refractivity contribution is 7.92. The minimum atomic E-state index is -3.95. The summed E-state index contributed by atoms with van der Waals surface area (Å²) in [5.41, 5.74) is 7.37. The van der Waals surface area contributed by atoms with Gasteiger partial charge in [0.15, 0.2) is 5.82 Å². The maximum Gasteiger partial charge on any atom is 0.264 e. The largest absolute Gasteiger partial charge is 0.398 e. The van der Waals surface area contributed by atoms with Crippen LogP contribution in [0.3, 0.4) is 0 Å². The van der Waals surface area contributed by atoms with Crippen molar-refractivity contribution in [2.45, 2.75) is 18.7 Å². The van der Waals surface area contributed by atoms with Crippen LogP contribution in [0.5, 0.6) is 0 Å². The lowest BCUT2D eigenvalue weighted by Gasteiger charge is -2.12. The zero-order chi connectivity index (χ0) is 14.9. The Morgan fingerprint density at radius 2 is 1.90 bits per heavy atom. The topological polar surface area (TPSA) is 85.1 Å². The second kappa shape index (κ2) is 5.09. The number of nitrogens with zero attached hydrogens (tertiary/aromatic N) is 1. The zero-order valence-corrected chi connectivity index (χ0v) is 11.8. The Morgan fingerprint density at radius 1 is 1.25 bits per heavy atom. The lowest BCUT2D eigenvalue weighted by atomic mass is 10.1. The number of halogens is 1. The fraction of sp³-hybridized carbons (Fsp3) is 0.154. The molecule has 0 aliphatic carbocycles. The van der Waals surface area contributed by atoms with Crippen LogP contribution < -0.4 is 10.5 Å². The van der Waals surface area contributed by atoms with Crippen molar-refractivity contribution in [1.82, 2.24) is 4.98 Å². The number of nitrogens with two attached hydrogens (primary N) is 1. The third kappa shape index (κ3) is 2.72. The van der Waals surface area contributed by atoms with Gasteiger partial charge in [0.2, 0.25) is 0 Å². The number of sulfonamides is 1. The van der Waals surface area contributed by atoms with E-state index in [2.05, 4.69) is 9.71 Å². The van der Waals surface area contributed by atoms with Crippen LogP contribution in [0.1, 0.15) is 11.1 Å². The summed E-state index contributed by atoms with van der Waals surface area (Å²) in [4.78, 5) is 3.48. The highest BCUT2D eigenvalue weighted by Gasteiger charge is 2.20. The molecule has 0 unspecified atom stereocenters. The van der Waals surface area contributed by atoms with Gasteiger partial charge < -0.3 is 5.73 Å². The third-order valence-corrected chi connectivity index (χ3v) is 4.35. The molecule has 0 fully saturated rings. The first-order chi connectivity index (χ1) is 9.31. The molecule has 0 aliphatic heterocycles. The number of hydrogen-bond donors (Lipinski definition) is 2. The Morgan fingerprint density at radius 3 is 2.55 bits per heavy atom. The Balaban J connectivity index is 2.47. The standard InChI is InChI=1S/C13H14FN3O2S/c1-8-5-11(15)13(6-9(8)2)20(18,19)17-12-3-4-16-7-10(12)14/h3-7H,15H2,1-2H3,(H,16,17). The molecule has 106 valence electrons. The fourth-order valence-corrected chi connectivity index (χ4v) is 2.97. The van der Waals surface area contributed by atoms with Crippen LogP contribution in [0.4, 0.5) is 15.8 Å². The summed E-state index contributed by atoms with van der Waals surface area (Å²) >= 11 is 0. The Labute approximate surface area is 116 Å². The van der Waals surface area contributed by atoms with Crippen LogP contribution in [-0.4, -0.2) is 13.4 Å². The van der Waals surface area contributed by atoms with Crippen LogP contribution in [0.2, 0.25) is 0 Å². The first-order valence-corrected chi connectivity index (χ1v) is 7.28. The van der Waals surface area contributed by atoms with Crippen molar-refractivity contribution in [3.63, 3.8) is 0 Å². The molecule has 3 N–H and O–H groups in total. The number of nitrogen functional groups attached to an aromatic ring is 1. The van der Waals surface area contributed by atoms with Gasteiger partial charge in [-0.05, 0) is 43.2 Å². The fourth-order valence-electron chi connectivity index (χ4n) is 1.70. The lowest BCUT2D eigenvalue weighted by Crippen LogP contribution is -2.16. The summed E-state index contributed by atoms with van der Waals surface area (Å²) in [6, 6.07) is 4.28. The van der Waals surface area contributed by atoms with Gasteiger partial charge in [-0.15, -0.1) is 0 Å². The molecule has 2 rings (SSSR count). The van der Waals surface area contributed by atoms with E-state index in [-0.39, 0.29) is 16.3 Å². The smallest absolute Gasteiger partial charge is 0.264 e. The van der Waals surface area contributed by atoms with Gasteiger partial charge in [-0.3, -0.25) is 9.71 Å². The molecule has 20 heavy (non-hydrogen) atoms. The van der Waals surface area contributed by atoms with Gasteiger partial charge in [0.05, 0.1) is 17.6 Å². The molecule has 1 heterocycles. The highest BCUT2D eigenvalue weighted by Crippen LogP contribution is 2.25. The maximum atomic E-state index is 13.5. The molecule has 0 radical (unpaired) electrons. The predicted molar refractivity (Wildman–Crippen MR) is 75.3 cm³/mol.